The summed E-state index contributed by atoms with van der Waals surface area (Å²) in [5.74, 6) is 6.75. The van der Waals surface area contributed by atoms with E-state index in [-0.39, 0.29) is 0 Å². The van der Waals surface area contributed by atoms with Gasteiger partial charge in [0.05, 0.1) is 6.21 Å². The van der Waals surface area contributed by atoms with Gasteiger partial charge in [-0.05, 0) is 24.0 Å². The molecule has 1 rings (SSSR count). The molecule has 0 spiro atoms. The summed E-state index contributed by atoms with van der Waals surface area (Å²) in [4.78, 5) is 0. The summed E-state index contributed by atoms with van der Waals surface area (Å²) in [5, 5.41) is 17.8. The summed E-state index contributed by atoms with van der Waals surface area (Å²) >= 11 is 0. The summed E-state index contributed by atoms with van der Waals surface area (Å²) in [6.45, 7) is 2.02. The first-order valence-corrected chi connectivity index (χ1v) is 4.30. The molecule has 4 nitrogen and oxygen atoms in total. The number of nitrogens with zero attached hydrogens (tertiary/aromatic N) is 2. The highest BCUT2D eigenvalue weighted by Crippen LogP contribution is 2.02. The summed E-state index contributed by atoms with van der Waals surface area (Å²) < 4.78 is 0. The Hall–Kier alpha value is -1.80. The van der Waals surface area contributed by atoms with Gasteiger partial charge in [0.1, 0.15) is 0 Å². The van der Waals surface area contributed by atoms with Gasteiger partial charge < -0.3 is 10.9 Å². The maximum absolute atomic E-state index is 7.32. The third-order valence-corrected chi connectivity index (χ3v) is 1.40. The lowest BCUT2D eigenvalue weighted by Gasteiger charge is -1.95. The Morgan fingerprint density at radius 2 is 1.93 bits per heavy atom. The monoisotopic (exact) mass is 205 g/mol. The fourth-order valence-electron chi connectivity index (χ4n) is 0.812. The van der Waals surface area contributed by atoms with Gasteiger partial charge >= 0.3 is 0 Å². The van der Waals surface area contributed by atoms with Gasteiger partial charge in [-0.15, -0.1) is 0 Å². The van der Waals surface area contributed by atoms with Gasteiger partial charge in [0, 0.05) is 7.11 Å². The maximum Gasteiger partial charge on any atom is 0.232 e. The van der Waals surface area contributed by atoms with Crippen LogP contribution < -0.4 is 5.84 Å². The molecule has 5 heteroatoms. The van der Waals surface area contributed by atoms with Crippen LogP contribution in [0.4, 0.5) is 0 Å². The molecule has 0 fully saturated rings. The van der Waals surface area contributed by atoms with Crippen molar-refractivity contribution >= 4 is 14.1 Å². The molecule has 0 unspecified atom stereocenters. The van der Waals surface area contributed by atoms with Gasteiger partial charge in [0.15, 0.2) is 0 Å². The van der Waals surface area contributed by atoms with Crippen molar-refractivity contribution in [3.05, 3.63) is 35.4 Å². The van der Waals surface area contributed by atoms with Crippen molar-refractivity contribution < 1.29 is 5.11 Å². The Balaban J connectivity index is 0. The fourth-order valence-corrected chi connectivity index (χ4v) is 0.812. The first kappa shape index (κ1) is 15.7. The Bertz CT molecular complexity index is 321. The minimum Gasteiger partial charge on any atom is -0.400 e. The Morgan fingerprint density at radius 3 is 2.33 bits per heavy atom. The van der Waals surface area contributed by atoms with Gasteiger partial charge in [0.2, 0.25) is 7.85 Å². The number of nitriles is 1. The Kier molecular flexibility index (Phi) is 12.7. The van der Waals surface area contributed by atoms with E-state index in [0.29, 0.717) is 0 Å². The first-order chi connectivity index (χ1) is 7.26. The van der Waals surface area contributed by atoms with E-state index in [0.717, 1.165) is 12.7 Å². The molecule has 0 radical (unpaired) electrons. The summed E-state index contributed by atoms with van der Waals surface area (Å²) in [6.07, 6.45) is 1.65. The van der Waals surface area contributed by atoms with Crippen LogP contribution >= 0.6 is 0 Å². The Morgan fingerprint density at radius 1 is 1.47 bits per heavy atom. The van der Waals surface area contributed by atoms with Gasteiger partial charge in [-0.2, -0.15) is 5.10 Å². The van der Waals surface area contributed by atoms with Crippen LogP contribution in [0.2, 0.25) is 0 Å². The van der Waals surface area contributed by atoms with Crippen molar-refractivity contribution in [1.29, 1.82) is 5.26 Å². The molecule has 15 heavy (non-hydrogen) atoms. The van der Waals surface area contributed by atoms with E-state index in [4.69, 9.17) is 16.2 Å². The minimum atomic E-state index is 1.00. The number of aryl methyl sites for hydroxylation is 1. The predicted molar refractivity (Wildman–Crippen MR) is 65.3 cm³/mol. The summed E-state index contributed by atoms with van der Waals surface area (Å²) in [7, 11) is 2.43. The van der Waals surface area contributed by atoms with Crippen molar-refractivity contribution in [2.45, 2.75) is 6.92 Å². The molecule has 0 saturated carbocycles. The molecule has 0 heterocycles. The number of hydrogen-bond donors (Lipinski definition) is 2. The highest BCUT2D eigenvalue weighted by atomic mass is 16.2. The zero-order valence-corrected chi connectivity index (χ0v) is 9.31. The van der Waals surface area contributed by atoms with Crippen LogP contribution in [0.15, 0.2) is 29.4 Å². The van der Waals surface area contributed by atoms with Crippen LogP contribution in [-0.4, -0.2) is 26.3 Å². The zero-order valence-electron chi connectivity index (χ0n) is 9.31. The molecule has 0 amide bonds. The lowest BCUT2D eigenvalue weighted by Crippen LogP contribution is -1.88. The molecule has 1 aromatic carbocycles. The lowest BCUT2D eigenvalue weighted by molar-refractivity contribution is 0.399. The molecule has 0 bridgehead atoms. The zero-order chi connectivity index (χ0) is 12.1. The normalized spacial score (nSPS) is 7.87. The Labute approximate surface area is 91.4 Å². The molecule has 0 aliphatic heterocycles. The number of aliphatic hydroxyl groups is 1. The van der Waals surface area contributed by atoms with Crippen LogP contribution in [0, 0.1) is 18.2 Å². The van der Waals surface area contributed by atoms with Gasteiger partial charge in [-0.3, -0.25) is 0 Å². The molecule has 80 valence electrons. The van der Waals surface area contributed by atoms with Gasteiger partial charge in [-0.1, -0.05) is 24.3 Å². The average molecular weight is 205 g/mol. The molecule has 0 aromatic heterocycles. The number of hydrogen-bond acceptors (Lipinski definition) is 4. The number of aliphatic hydroxyl groups excluding tert-OH is 1. The third-order valence-electron chi connectivity index (χ3n) is 1.40. The van der Waals surface area contributed by atoms with Crippen molar-refractivity contribution in [3.63, 3.8) is 0 Å². The van der Waals surface area contributed by atoms with Crippen LogP contribution in [0.25, 0.3) is 0 Å². The van der Waals surface area contributed by atoms with Crippen LogP contribution in [-0.2, 0) is 0 Å². The summed E-state index contributed by atoms with van der Waals surface area (Å²) in [6, 6.07) is 7.95. The van der Waals surface area contributed by atoms with Crippen molar-refractivity contribution in [1.82, 2.24) is 0 Å². The van der Waals surface area contributed by atoms with Crippen molar-refractivity contribution in [2.75, 3.05) is 7.11 Å². The van der Waals surface area contributed by atoms with Gasteiger partial charge in [0.25, 0.3) is 0 Å². The van der Waals surface area contributed by atoms with E-state index in [1.54, 1.807) is 12.2 Å². The van der Waals surface area contributed by atoms with Crippen LogP contribution in [0.1, 0.15) is 11.1 Å². The lowest BCUT2D eigenvalue weighted by atomic mass is 10.1. The first-order valence-electron chi connectivity index (χ1n) is 4.30. The quantitative estimate of drug-likeness (QED) is 0.293. The second-order valence-corrected chi connectivity index (χ2v) is 2.36. The molecule has 0 atom stereocenters. The van der Waals surface area contributed by atoms with Crippen LogP contribution in [0.3, 0.4) is 0 Å². The number of rotatable bonds is 1. The SMILES string of the molecule is BC#N.CO.Cc1ccccc1C=NN. The molecule has 0 aliphatic rings. The number of hydrazone groups is 1. The molecule has 1 aromatic rings. The highest BCUT2D eigenvalue weighted by Gasteiger charge is 1.89. The van der Waals surface area contributed by atoms with E-state index in [2.05, 4.69) is 5.10 Å². The molecule has 3 N–H and O–H groups in total. The average Bonchev–Trinajstić information content (AvgIpc) is 2.26. The second-order valence-electron chi connectivity index (χ2n) is 2.36. The fraction of sp³-hybridized carbons (Fsp3) is 0.200. The summed E-state index contributed by atoms with van der Waals surface area (Å²) in [5.41, 5.74) is 2.27. The molecular weight excluding hydrogens is 189 g/mol. The van der Waals surface area contributed by atoms with E-state index < -0.39 is 0 Å². The van der Waals surface area contributed by atoms with E-state index >= 15 is 0 Å². The predicted octanol–water partition coefficient (Wildman–Crippen LogP) is -0.00330. The van der Waals surface area contributed by atoms with E-state index in [1.807, 2.05) is 31.2 Å². The highest BCUT2D eigenvalue weighted by molar-refractivity contribution is 6.20. The largest absolute Gasteiger partial charge is 0.400 e. The molecule has 0 saturated heterocycles. The van der Waals surface area contributed by atoms with E-state index in [9.17, 15) is 0 Å². The standard InChI is InChI=1S/C8H10N2.CH2BN.CH4O/c1-7-4-2-3-5-8(7)6-10-9;2-1-3;1-2/h2-6H,9H2,1H3;2H2;2H,1H3. The number of benzene rings is 1. The number of nitrogens with two attached hydrogens (primary N) is 1. The van der Waals surface area contributed by atoms with E-state index in [1.165, 1.54) is 13.4 Å². The van der Waals surface area contributed by atoms with Crippen LogP contribution in [0.5, 0.6) is 0 Å². The second kappa shape index (κ2) is 12.2. The molecule has 0 aliphatic carbocycles. The van der Waals surface area contributed by atoms with Gasteiger partial charge in [-0.25, -0.2) is 5.26 Å². The smallest absolute Gasteiger partial charge is 0.232 e. The molecular formula is C10H16BN3O. The maximum atomic E-state index is 7.32. The van der Waals surface area contributed by atoms with Crippen molar-refractivity contribution in [2.24, 2.45) is 10.9 Å². The third kappa shape index (κ3) is 8.53. The van der Waals surface area contributed by atoms with Crippen molar-refractivity contribution in [3.8, 4) is 5.97 Å². The minimum absolute atomic E-state index is 1.00. The topological polar surface area (TPSA) is 82.4 Å².